The molecule has 1 N–H and O–H groups in total. The summed E-state index contributed by atoms with van der Waals surface area (Å²) < 4.78 is 0. The molecule has 0 saturated heterocycles. The van der Waals surface area contributed by atoms with Crippen LogP contribution in [0.25, 0.3) is 0 Å². The van der Waals surface area contributed by atoms with E-state index in [0.29, 0.717) is 12.5 Å². The van der Waals surface area contributed by atoms with Gasteiger partial charge in [-0.05, 0) is 18.4 Å². The number of amides is 1. The predicted molar refractivity (Wildman–Crippen MR) is 72.3 cm³/mol. The summed E-state index contributed by atoms with van der Waals surface area (Å²) in [5.74, 6) is 0.263. The highest BCUT2D eigenvalue weighted by atomic mass is 35.5. The van der Waals surface area contributed by atoms with E-state index in [2.05, 4.69) is 5.32 Å². The van der Waals surface area contributed by atoms with Gasteiger partial charge in [-0.25, -0.2) is 0 Å². The molecule has 1 aromatic rings. The van der Waals surface area contributed by atoms with Gasteiger partial charge in [0.1, 0.15) is 0 Å². The van der Waals surface area contributed by atoms with Crippen LogP contribution in [0.2, 0.25) is 0 Å². The first kappa shape index (κ1) is 14.0. The lowest BCUT2D eigenvalue weighted by atomic mass is 10.0. The van der Waals surface area contributed by atoms with Gasteiger partial charge in [-0.15, -0.1) is 11.6 Å². The van der Waals surface area contributed by atoms with Crippen molar-refractivity contribution in [2.75, 3.05) is 6.54 Å². The topological polar surface area (TPSA) is 29.1 Å². The van der Waals surface area contributed by atoms with Crippen molar-refractivity contribution in [1.29, 1.82) is 0 Å². The van der Waals surface area contributed by atoms with Crippen molar-refractivity contribution in [3.8, 4) is 0 Å². The minimum absolute atomic E-state index is 0.0121. The highest BCUT2D eigenvalue weighted by Crippen LogP contribution is 2.15. The first-order chi connectivity index (χ1) is 8.02. The number of benzene rings is 1. The molecule has 3 heteroatoms. The molecule has 0 fully saturated rings. The maximum absolute atomic E-state index is 11.9. The van der Waals surface area contributed by atoms with Crippen LogP contribution in [0.1, 0.15) is 32.3 Å². The van der Waals surface area contributed by atoms with E-state index in [9.17, 15) is 4.79 Å². The molecular formula is C14H20ClNO. The molecule has 1 aromatic carbocycles. The van der Waals surface area contributed by atoms with Crippen LogP contribution in [0.5, 0.6) is 0 Å². The zero-order valence-corrected chi connectivity index (χ0v) is 11.4. The number of hydrogen-bond donors (Lipinski definition) is 1. The number of carbonyl (C=O) groups excluding carboxylic acids is 1. The standard InChI is InChI=1S/C14H20ClNO/c1-10(2)13(15)9-16-14(17)11(3)12-7-5-4-6-8-12/h4-8,10-11,13H,9H2,1-3H3,(H,16,17). The first-order valence-electron chi connectivity index (χ1n) is 5.99. The summed E-state index contributed by atoms with van der Waals surface area (Å²) in [6.45, 7) is 6.52. The minimum atomic E-state index is -0.132. The maximum atomic E-state index is 11.9. The number of hydrogen-bond acceptors (Lipinski definition) is 1. The Morgan fingerprint density at radius 3 is 2.35 bits per heavy atom. The van der Waals surface area contributed by atoms with E-state index in [1.807, 2.05) is 51.1 Å². The second-order valence-corrected chi connectivity index (χ2v) is 5.20. The molecule has 0 aliphatic rings. The van der Waals surface area contributed by atoms with Gasteiger partial charge < -0.3 is 5.32 Å². The second-order valence-electron chi connectivity index (χ2n) is 4.64. The molecule has 1 amide bonds. The van der Waals surface area contributed by atoms with Crippen molar-refractivity contribution in [2.24, 2.45) is 5.92 Å². The Morgan fingerprint density at radius 2 is 1.82 bits per heavy atom. The molecule has 0 spiro atoms. The zero-order chi connectivity index (χ0) is 12.8. The third-order valence-electron chi connectivity index (χ3n) is 2.89. The fourth-order valence-electron chi connectivity index (χ4n) is 1.48. The van der Waals surface area contributed by atoms with E-state index in [-0.39, 0.29) is 17.2 Å². The summed E-state index contributed by atoms with van der Waals surface area (Å²) in [6, 6.07) is 9.76. The lowest BCUT2D eigenvalue weighted by Crippen LogP contribution is -2.34. The largest absolute Gasteiger partial charge is 0.354 e. The summed E-state index contributed by atoms with van der Waals surface area (Å²) >= 11 is 6.10. The fourth-order valence-corrected chi connectivity index (χ4v) is 1.56. The Labute approximate surface area is 108 Å². The predicted octanol–water partition coefficient (Wildman–Crippen LogP) is 3.17. The summed E-state index contributed by atoms with van der Waals surface area (Å²) in [5.41, 5.74) is 1.03. The van der Waals surface area contributed by atoms with E-state index in [0.717, 1.165) is 5.56 Å². The molecule has 94 valence electrons. The molecule has 2 atom stereocenters. The van der Waals surface area contributed by atoms with Crippen LogP contribution >= 0.6 is 11.6 Å². The van der Waals surface area contributed by atoms with Gasteiger partial charge in [0.2, 0.25) is 5.91 Å². The van der Waals surface area contributed by atoms with Crippen molar-refractivity contribution in [3.05, 3.63) is 35.9 Å². The Kier molecular flexibility index (Phi) is 5.49. The SMILES string of the molecule is CC(C(=O)NCC(Cl)C(C)C)c1ccccc1. The smallest absolute Gasteiger partial charge is 0.227 e. The molecule has 0 radical (unpaired) electrons. The number of halogens is 1. The van der Waals surface area contributed by atoms with E-state index in [4.69, 9.17) is 11.6 Å². The molecule has 2 nitrogen and oxygen atoms in total. The van der Waals surface area contributed by atoms with Gasteiger partial charge in [0.15, 0.2) is 0 Å². The van der Waals surface area contributed by atoms with Crippen molar-refractivity contribution >= 4 is 17.5 Å². The van der Waals surface area contributed by atoms with Crippen LogP contribution in [-0.4, -0.2) is 17.8 Å². The van der Waals surface area contributed by atoms with Crippen molar-refractivity contribution < 1.29 is 4.79 Å². The van der Waals surface area contributed by atoms with Crippen molar-refractivity contribution in [2.45, 2.75) is 32.1 Å². The number of rotatable bonds is 5. The quantitative estimate of drug-likeness (QED) is 0.803. The zero-order valence-electron chi connectivity index (χ0n) is 10.6. The summed E-state index contributed by atoms with van der Waals surface area (Å²) in [7, 11) is 0. The van der Waals surface area contributed by atoms with Gasteiger partial charge in [-0.2, -0.15) is 0 Å². The average molecular weight is 254 g/mol. The van der Waals surface area contributed by atoms with E-state index >= 15 is 0 Å². The van der Waals surface area contributed by atoms with Gasteiger partial charge in [-0.1, -0.05) is 44.2 Å². The molecule has 0 saturated carbocycles. The summed E-state index contributed by atoms with van der Waals surface area (Å²) in [5, 5.41) is 2.88. The van der Waals surface area contributed by atoms with Gasteiger partial charge in [0.05, 0.1) is 11.3 Å². The molecule has 17 heavy (non-hydrogen) atoms. The van der Waals surface area contributed by atoms with Crippen LogP contribution in [0.3, 0.4) is 0 Å². The normalized spacial score (nSPS) is 14.4. The highest BCUT2D eigenvalue weighted by Gasteiger charge is 2.16. The second kappa shape index (κ2) is 6.65. The average Bonchev–Trinajstić information content (AvgIpc) is 2.35. The van der Waals surface area contributed by atoms with Crippen LogP contribution in [0.15, 0.2) is 30.3 Å². The lowest BCUT2D eigenvalue weighted by molar-refractivity contribution is -0.122. The van der Waals surface area contributed by atoms with E-state index < -0.39 is 0 Å². The molecule has 0 heterocycles. The number of nitrogens with one attached hydrogen (secondary N) is 1. The van der Waals surface area contributed by atoms with Gasteiger partial charge in [-0.3, -0.25) is 4.79 Å². The van der Waals surface area contributed by atoms with Gasteiger partial charge in [0, 0.05) is 6.54 Å². The Morgan fingerprint density at radius 1 is 1.24 bits per heavy atom. The van der Waals surface area contributed by atoms with E-state index in [1.54, 1.807) is 0 Å². The molecule has 2 unspecified atom stereocenters. The van der Waals surface area contributed by atoms with Crippen LogP contribution in [0, 0.1) is 5.92 Å². The van der Waals surface area contributed by atoms with E-state index in [1.165, 1.54) is 0 Å². The summed E-state index contributed by atoms with van der Waals surface area (Å²) in [6.07, 6.45) is 0. The van der Waals surface area contributed by atoms with Gasteiger partial charge >= 0.3 is 0 Å². The highest BCUT2D eigenvalue weighted by molar-refractivity contribution is 6.21. The molecule has 0 aliphatic heterocycles. The monoisotopic (exact) mass is 253 g/mol. The minimum Gasteiger partial charge on any atom is -0.354 e. The Bertz CT molecular complexity index is 350. The number of carbonyl (C=O) groups is 1. The van der Waals surface area contributed by atoms with Crippen molar-refractivity contribution in [3.63, 3.8) is 0 Å². The molecule has 0 aromatic heterocycles. The van der Waals surface area contributed by atoms with Crippen LogP contribution in [-0.2, 0) is 4.79 Å². The summed E-state index contributed by atoms with van der Waals surface area (Å²) in [4.78, 5) is 11.9. The Hall–Kier alpha value is -1.02. The fraction of sp³-hybridized carbons (Fsp3) is 0.500. The van der Waals surface area contributed by atoms with Gasteiger partial charge in [0.25, 0.3) is 0 Å². The number of alkyl halides is 1. The van der Waals surface area contributed by atoms with Crippen LogP contribution in [0.4, 0.5) is 0 Å². The lowest BCUT2D eigenvalue weighted by Gasteiger charge is -2.17. The van der Waals surface area contributed by atoms with Crippen LogP contribution < -0.4 is 5.32 Å². The molecule has 0 bridgehead atoms. The molecule has 0 aliphatic carbocycles. The third kappa shape index (κ3) is 4.39. The molecular weight excluding hydrogens is 234 g/mol. The maximum Gasteiger partial charge on any atom is 0.227 e. The Balaban J connectivity index is 2.48. The third-order valence-corrected chi connectivity index (χ3v) is 3.55. The van der Waals surface area contributed by atoms with Crippen molar-refractivity contribution in [1.82, 2.24) is 5.32 Å². The molecule has 1 rings (SSSR count). The first-order valence-corrected chi connectivity index (χ1v) is 6.42.